The molecule has 0 aromatic rings. The van der Waals surface area contributed by atoms with Crippen molar-refractivity contribution in [2.75, 3.05) is 31.1 Å². The lowest BCUT2D eigenvalue weighted by atomic mass is 9.93. The first-order chi connectivity index (χ1) is 10.8. The number of aliphatic imine (C=N–C) groups is 1. The van der Waals surface area contributed by atoms with Gasteiger partial charge in [0.15, 0.2) is 15.8 Å². The van der Waals surface area contributed by atoms with E-state index in [0.717, 1.165) is 32.2 Å². The maximum absolute atomic E-state index is 11.5. The van der Waals surface area contributed by atoms with Crippen molar-refractivity contribution in [3.05, 3.63) is 0 Å². The third kappa shape index (κ3) is 7.52. The lowest BCUT2D eigenvalue weighted by molar-refractivity contribution is 0.0306. The van der Waals surface area contributed by atoms with Crippen molar-refractivity contribution in [3.63, 3.8) is 0 Å². The van der Waals surface area contributed by atoms with Gasteiger partial charge in [0.1, 0.15) is 0 Å². The Morgan fingerprint density at radius 3 is 2.35 bits per heavy atom. The molecule has 0 aromatic heterocycles. The van der Waals surface area contributed by atoms with Crippen molar-refractivity contribution >= 4 is 15.8 Å². The summed E-state index contributed by atoms with van der Waals surface area (Å²) in [5.74, 6) is 1.35. The molecular weight excluding hydrogens is 314 g/mol. The van der Waals surface area contributed by atoms with E-state index in [2.05, 4.69) is 29.5 Å². The SMILES string of the molecule is CCCC(O)(CCC)CN=C(NCC)NCC1CCS(=O)(=O)C1. The van der Waals surface area contributed by atoms with Crippen LogP contribution in [0.15, 0.2) is 4.99 Å². The minimum atomic E-state index is -2.85. The van der Waals surface area contributed by atoms with E-state index in [0.29, 0.717) is 31.2 Å². The smallest absolute Gasteiger partial charge is 0.191 e. The molecule has 1 rings (SSSR count). The highest BCUT2D eigenvalue weighted by Crippen LogP contribution is 2.20. The minimum Gasteiger partial charge on any atom is -0.388 e. The summed E-state index contributed by atoms with van der Waals surface area (Å²) in [5, 5.41) is 17.0. The molecular formula is C16H33N3O3S. The molecule has 136 valence electrons. The summed E-state index contributed by atoms with van der Waals surface area (Å²) in [6, 6.07) is 0. The number of nitrogens with zero attached hydrogens (tertiary/aromatic N) is 1. The number of guanidine groups is 1. The first kappa shape index (κ1) is 20.2. The molecule has 7 heteroatoms. The van der Waals surface area contributed by atoms with Crippen molar-refractivity contribution in [2.45, 2.75) is 58.5 Å². The summed E-state index contributed by atoms with van der Waals surface area (Å²) < 4.78 is 23.0. The molecule has 1 heterocycles. The van der Waals surface area contributed by atoms with Gasteiger partial charge < -0.3 is 15.7 Å². The van der Waals surface area contributed by atoms with Crippen molar-refractivity contribution in [2.24, 2.45) is 10.9 Å². The number of hydrogen-bond acceptors (Lipinski definition) is 4. The van der Waals surface area contributed by atoms with E-state index < -0.39 is 15.4 Å². The van der Waals surface area contributed by atoms with Crippen LogP contribution in [0.2, 0.25) is 0 Å². The van der Waals surface area contributed by atoms with E-state index in [4.69, 9.17) is 0 Å². The first-order valence-corrected chi connectivity index (χ1v) is 10.6. The molecule has 1 saturated heterocycles. The fraction of sp³-hybridized carbons (Fsp3) is 0.938. The van der Waals surface area contributed by atoms with E-state index in [1.165, 1.54) is 0 Å². The lowest BCUT2D eigenvalue weighted by Crippen LogP contribution is -2.42. The van der Waals surface area contributed by atoms with Crippen molar-refractivity contribution in [1.82, 2.24) is 10.6 Å². The summed E-state index contributed by atoms with van der Waals surface area (Å²) in [6.45, 7) is 7.82. The maximum atomic E-state index is 11.5. The topological polar surface area (TPSA) is 90.8 Å². The second-order valence-electron chi connectivity index (χ2n) is 6.57. The number of hydrogen-bond donors (Lipinski definition) is 3. The van der Waals surface area contributed by atoms with Crippen molar-refractivity contribution < 1.29 is 13.5 Å². The Morgan fingerprint density at radius 2 is 1.87 bits per heavy atom. The molecule has 0 radical (unpaired) electrons. The Morgan fingerprint density at radius 1 is 1.22 bits per heavy atom. The quantitative estimate of drug-likeness (QED) is 0.432. The predicted octanol–water partition coefficient (Wildman–Crippen LogP) is 1.31. The Bertz CT molecular complexity index is 471. The van der Waals surface area contributed by atoms with Crippen molar-refractivity contribution in [1.29, 1.82) is 0 Å². The van der Waals surface area contributed by atoms with Gasteiger partial charge in [-0.3, -0.25) is 4.99 Å². The van der Waals surface area contributed by atoms with Crippen molar-refractivity contribution in [3.8, 4) is 0 Å². The average molecular weight is 348 g/mol. The van der Waals surface area contributed by atoms with Gasteiger partial charge in [-0.05, 0) is 32.1 Å². The molecule has 1 aliphatic rings. The highest BCUT2D eigenvalue weighted by molar-refractivity contribution is 7.91. The summed E-state index contributed by atoms with van der Waals surface area (Å²) in [6.07, 6.45) is 4.05. The molecule has 3 N–H and O–H groups in total. The Hall–Kier alpha value is -0.820. The number of sulfone groups is 1. The van der Waals surface area contributed by atoms with Crippen LogP contribution in [0.4, 0.5) is 0 Å². The first-order valence-electron chi connectivity index (χ1n) is 8.79. The van der Waals surface area contributed by atoms with E-state index in [9.17, 15) is 13.5 Å². The Labute approximate surface area is 141 Å². The van der Waals surface area contributed by atoms with Gasteiger partial charge >= 0.3 is 0 Å². The van der Waals surface area contributed by atoms with Gasteiger partial charge in [0.25, 0.3) is 0 Å². The molecule has 1 atom stereocenters. The third-order valence-corrected chi connectivity index (χ3v) is 6.03. The second kappa shape index (κ2) is 9.47. The zero-order valence-corrected chi connectivity index (χ0v) is 15.6. The molecule has 23 heavy (non-hydrogen) atoms. The Balaban J connectivity index is 2.58. The van der Waals surface area contributed by atoms with Crippen LogP contribution in [-0.4, -0.2) is 56.2 Å². The second-order valence-corrected chi connectivity index (χ2v) is 8.80. The van der Waals surface area contributed by atoms with Crippen LogP contribution in [0, 0.1) is 5.92 Å². The molecule has 0 aromatic carbocycles. The Kier molecular flexibility index (Phi) is 8.33. The fourth-order valence-corrected chi connectivity index (χ4v) is 4.92. The molecule has 1 fully saturated rings. The maximum Gasteiger partial charge on any atom is 0.191 e. The summed E-state index contributed by atoms with van der Waals surface area (Å²) in [5.41, 5.74) is -0.747. The van der Waals surface area contributed by atoms with Gasteiger partial charge in [-0.1, -0.05) is 26.7 Å². The summed E-state index contributed by atoms with van der Waals surface area (Å²) in [7, 11) is -2.85. The molecule has 0 aliphatic carbocycles. The lowest BCUT2D eigenvalue weighted by Gasteiger charge is -2.26. The largest absolute Gasteiger partial charge is 0.388 e. The van der Waals surface area contributed by atoms with Crippen LogP contribution in [0.25, 0.3) is 0 Å². The minimum absolute atomic E-state index is 0.147. The standard InChI is InChI=1S/C16H33N3O3S/c1-4-8-16(20,9-5-2)13-19-15(17-6-3)18-11-14-7-10-23(21,22)12-14/h14,20H,4-13H2,1-3H3,(H2,17,18,19). The normalized spacial score (nSPS) is 21.4. The van der Waals surface area contributed by atoms with Crippen LogP contribution < -0.4 is 10.6 Å². The zero-order valence-electron chi connectivity index (χ0n) is 14.8. The van der Waals surface area contributed by atoms with Gasteiger partial charge in [0, 0.05) is 13.1 Å². The van der Waals surface area contributed by atoms with E-state index in [1.807, 2.05) is 6.92 Å². The number of rotatable bonds is 9. The third-order valence-electron chi connectivity index (χ3n) is 4.19. The van der Waals surface area contributed by atoms with Gasteiger partial charge in [-0.2, -0.15) is 0 Å². The number of aliphatic hydroxyl groups is 1. The van der Waals surface area contributed by atoms with Gasteiger partial charge in [0.2, 0.25) is 0 Å². The van der Waals surface area contributed by atoms with Crippen LogP contribution in [0.1, 0.15) is 52.9 Å². The highest BCUT2D eigenvalue weighted by Gasteiger charge is 2.28. The van der Waals surface area contributed by atoms with Crippen LogP contribution in [0.5, 0.6) is 0 Å². The molecule has 6 nitrogen and oxygen atoms in total. The molecule has 0 amide bonds. The van der Waals surface area contributed by atoms with Gasteiger partial charge in [-0.15, -0.1) is 0 Å². The monoisotopic (exact) mass is 347 g/mol. The highest BCUT2D eigenvalue weighted by atomic mass is 32.2. The summed E-state index contributed by atoms with van der Waals surface area (Å²) in [4.78, 5) is 4.52. The van der Waals surface area contributed by atoms with Crippen LogP contribution >= 0.6 is 0 Å². The number of nitrogens with one attached hydrogen (secondary N) is 2. The van der Waals surface area contributed by atoms with E-state index in [1.54, 1.807) is 0 Å². The molecule has 1 aliphatic heterocycles. The van der Waals surface area contributed by atoms with Gasteiger partial charge in [-0.25, -0.2) is 8.42 Å². The van der Waals surface area contributed by atoms with Gasteiger partial charge in [0.05, 0.1) is 23.7 Å². The fourth-order valence-electron chi connectivity index (χ4n) is 3.06. The molecule has 0 bridgehead atoms. The van der Waals surface area contributed by atoms with E-state index >= 15 is 0 Å². The molecule has 0 spiro atoms. The average Bonchev–Trinajstić information content (AvgIpc) is 2.82. The molecule has 0 saturated carbocycles. The predicted molar refractivity (Wildman–Crippen MR) is 95.5 cm³/mol. The summed E-state index contributed by atoms with van der Waals surface area (Å²) >= 11 is 0. The van der Waals surface area contributed by atoms with Crippen LogP contribution in [-0.2, 0) is 9.84 Å². The zero-order chi connectivity index (χ0) is 17.3. The molecule has 1 unspecified atom stereocenters. The van der Waals surface area contributed by atoms with E-state index in [-0.39, 0.29) is 11.7 Å². The van der Waals surface area contributed by atoms with Crippen LogP contribution in [0.3, 0.4) is 0 Å².